The van der Waals surface area contributed by atoms with Gasteiger partial charge in [0.2, 0.25) is 0 Å². The first-order valence-electron chi connectivity index (χ1n) is 4.63. The van der Waals surface area contributed by atoms with Gasteiger partial charge in [0.1, 0.15) is 11.3 Å². The Labute approximate surface area is 103 Å². The zero-order valence-corrected chi connectivity index (χ0v) is 10.1. The molecule has 0 heterocycles. The van der Waals surface area contributed by atoms with Crippen LogP contribution in [0.3, 0.4) is 0 Å². The van der Waals surface area contributed by atoms with Crippen LogP contribution < -0.4 is 4.74 Å². The number of carbonyl (C=O) groups is 2. The highest BCUT2D eigenvalue weighted by Gasteiger charge is 2.19. The van der Waals surface area contributed by atoms with E-state index in [0.29, 0.717) is 6.29 Å². The number of ether oxygens (including phenoxy) is 3. The molecule has 0 aliphatic heterocycles. The fourth-order valence-corrected chi connectivity index (χ4v) is 1.42. The predicted octanol–water partition coefficient (Wildman–Crippen LogP) is 1.92. The molecule has 0 unspecified atom stereocenters. The van der Waals surface area contributed by atoms with Crippen LogP contribution in [0.25, 0.3) is 0 Å². The number of esters is 1. The van der Waals surface area contributed by atoms with Crippen molar-refractivity contribution in [2.75, 3.05) is 21.0 Å². The molecular formula is C11H11ClO5. The molecular weight excluding hydrogens is 248 g/mol. The number of methoxy groups -OCH3 is 2. The molecule has 1 aromatic carbocycles. The van der Waals surface area contributed by atoms with Crippen LogP contribution in [0.4, 0.5) is 0 Å². The third-order valence-electron chi connectivity index (χ3n) is 1.99. The number of hydrogen-bond acceptors (Lipinski definition) is 5. The molecule has 92 valence electrons. The monoisotopic (exact) mass is 258 g/mol. The molecule has 0 bridgehead atoms. The molecule has 6 heteroatoms. The van der Waals surface area contributed by atoms with E-state index in [1.54, 1.807) is 0 Å². The summed E-state index contributed by atoms with van der Waals surface area (Å²) < 4.78 is 14.5. The van der Waals surface area contributed by atoms with E-state index in [9.17, 15) is 9.59 Å². The van der Waals surface area contributed by atoms with Gasteiger partial charge in [0, 0.05) is 7.11 Å². The Balaban J connectivity index is 3.28. The number of benzene rings is 1. The number of carbonyl (C=O) groups excluding carboxylic acids is 2. The third-order valence-corrected chi connectivity index (χ3v) is 2.32. The van der Waals surface area contributed by atoms with Crippen molar-refractivity contribution in [3.63, 3.8) is 0 Å². The summed E-state index contributed by atoms with van der Waals surface area (Å²) in [6.07, 6.45) is 0.514. The van der Waals surface area contributed by atoms with Gasteiger partial charge in [-0.3, -0.25) is 4.79 Å². The maximum atomic E-state index is 11.5. The molecule has 1 aromatic rings. The van der Waals surface area contributed by atoms with Gasteiger partial charge in [-0.2, -0.15) is 0 Å². The zero-order valence-electron chi connectivity index (χ0n) is 9.36. The Morgan fingerprint density at radius 2 is 2.12 bits per heavy atom. The van der Waals surface area contributed by atoms with Crippen LogP contribution >= 0.6 is 11.6 Å². The van der Waals surface area contributed by atoms with Crippen molar-refractivity contribution in [3.8, 4) is 5.75 Å². The van der Waals surface area contributed by atoms with Crippen LogP contribution in [-0.4, -0.2) is 33.3 Å². The lowest BCUT2D eigenvalue weighted by molar-refractivity contribution is 0.0461. The summed E-state index contributed by atoms with van der Waals surface area (Å²) in [5, 5.41) is 0.193. The van der Waals surface area contributed by atoms with Crippen molar-refractivity contribution in [1.82, 2.24) is 0 Å². The third kappa shape index (κ3) is 2.95. The Hall–Kier alpha value is -1.59. The summed E-state index contributed by atoms with van der Waals surface area (Å²) in [7, 11) is 2.65. The Kier molecular flexibility index (Phi) is 4.93. The minimum Gasteiger partial charge on any atom is -0.466 e. The number of hydrogen-bond donors (Lipinski definition) is 0. The second-order valence-corrected chi connectivity index (χ2v) is 3.41. The topological polar surface area (TPSA) is 61.8 Å². The van der Waals surface area contributed by atoms with Crippen molar-refractivity contribution in [2.45, 2.75) is 0 Å². The zero-order chi connectivity index (χ0) is 12.8. The van der Waals surface area contributed by atoms with Crippen molar-refractivity contribution < 1.29 is 23.8 Å². The number of aldehydes is 1. The molecule has 5 nitrogen and oxygen atoms in total. The largest absolute Gasteiger partial charge is 0.466 e. The summed E-state index contributed by atoms with van der Waals surface area (Å²) in [6, 6.07) is 2.85. The first kappa shape index (κ1) is 13.5. The molecule has 17 heavy (non-hydrogen) atoms. The van der Waals surface area contributed by atoms with Crippen LogP contribution in [0.1, 0.15) is 20.7 Å². The predicted molar refractivity (Wildman–Crippen MR) is 60.7 cm³/mol. The number of rotatable bonds is 5. The molecule has 0 aliphatic rings. The van der Waals surface area contributed by atoms with Gasteiger partial charge in [-0.05, 0) is 12.1 Å². The number of halogens is 1. The standard InChI is InChI=1S/C11H11ClO5/c1-15-6-17-10-7(11(14)16-2)3-4-9(12)8(10)5-13/h3-5H,6H2,1-2H3. The van der Waals surface area contributed by atoms with Crippen molar-refractivity contribution in [2.24, 2.45) is 0 Å². The van der Waals surface area contributed by atoms with Crippen molar-refractivity contribution in [3.05, 3.63) is 28.3 Å². The highest BCUT2D eigenvalue weighted by molar-refractivity contribution is 6.33. The maximum absolute atomic E-state index is 11.5. The first-order valence-corrected chi connectivity index (χ1v) is 5.01. The van der Waals surface area contributed by atoms with E-state index >= 15 is 0 Å². The van der Waals surface area contributed by atoms with Gasteiger partial charge in [0.05, 0.1) is 17.7 Å². The maximum Gasteiger partial charge on any atom is 0.341 e. The quantitative estimate of drug-likeness (QED) is 0.459. The normalized spacial score (nSPS) is 9.82. The molecule has 1 rings (SSSR count). The van der Waals surface area contributed by atoms with Crippen molar-refractivity contribution in [1.29, 1.82) is 0 Å². The summed E-state index contributed by atoms with van der Waals surface area (Å²) in [5.74, 6) is -0.558. The summed E-state index contributed by atoms with van der Waals surface area (Å²) in [5.41, 5.74) is 0.211. The second kappa shape index (κ2) is 6.22. The molecule has 0 N–H and O–H groups in total. The highest BCUT2D eigenvalue weighted by atomic mass is 35.5. The minimum atomic E-state index is -0.615. The molecule has 0 saturated heterocycles. The lowest BCUT2D eigenvalue weighted by Crippen LogP contribution is -2.10. The first-order chi connectivity index (χ1) is 8.15. The van der Waals surface area contributed by atoms with Crippen LogP contribution in [0, 0.1) is 0 Å². The molecule has 0 radical (unpaired) electrons. The van der Waals surface area contributed by atoms with E-state index in [2.05, 4.69) is 4.74 Å². The molecule has 0 saturated carbocycles. The molecule has 0 amide bonds. The lowest BCUT2D eigenvalue weighted by atomic mass is 10.1. The Bertz CT molecular complexity index is 430. The van der Waals surface area contributed by atoms with Gasteiger partial charge in [-0.15, -0.1) is 0 Å². The van der Waals surface area contributed by atoms with Gasteiger partial charge >= 0.3 is 5.97 Å². The van der Waals surface area contributed by atoms with Gasteiger partial charge in [-0.1, -0.05) is 11.6 Å². The SMILES string of the molecule is COCOc1c(C(=O)OC)ccc(Cl)c1C=O. The highest BCUT2D eigenvalue weighted by Crippen LogP contribution is 2.29. The van der Waals surface area contributed by atoms with E-state index in [1.807, 2.05) is 0 Å². The molecule has 0 atom stereocenters. The molecule has 0 aromatic heterocycles. The second-order valence-electron chi connectivity index (χ2n) is 3.00. The summed E-state index contributed by atoms with van der Waals surface area (Å²) >= 11 is 5.82. The fourth-order valence-electron chi connectivity index (χ4n) is 1.23. The summed E-state index contributed by atoms with van der Waals surface area (Å²) in [6.45, 7) is -0.106. The summed E-state index contributed by atoms with van der Waals surface area (Å²) in [4.78, 5) is 22.4. The van der Waals surface area contributed by atoms with Gasteiger partial charge in [0.25, 0.3) is 0 Å². The van der Waals surface area contributed by atoms with E-state index in [4.69, 9.17) is 21.1 Å². The smallest absolute Gasteiger partial charge is 0.341 e. The van der Waals surface area contributed by atoms with E-state index in [1.165, 1.54) is 26.4 Å². The Morgan fingerprint density at radius 3 is 2.65 bits per heavy atom. The Morgan fingerprint density at radius 1 is 1.41 bits per heavy atom. The van der Waals surface area contributed by atoms with Gasteiger partial charge < -0.3 is 14.2 Å². The minimum absolute atomic E-state index is 0.0567. The van der Waals surface area contributed by atoms with Crippen LogP contribution in [0.2, 0.25) is 5.02 Å². The van der Waals surface area contributed by atoms with Crippen LogP contribution in [0.15, 0.2) is 12.1 Å². The van der Waals surface area contributed by atoms with E-state index < -0.39 is 5.97 Å². The van der Waals surface area contributed by atoms with Crippen molar-refractivity contribution >= 4 is 23.9 Å². The molecule has 0 aliphatic carbocycles. The molecule has 0 spiro atoms. The average Bonchev–Trinajstić information content (AvgIpc) is 2.35. The van der Waals surface area contributed by atoms with Crippen LogP contribution in [-0.2, 0) is 9.47 Å². The van der Waals surface area contributed by atoms with E-state index in [0.717, 1.165) is 0 Å². The fraction of sp³-hybridized carbons (Fsp3) is 0.273. The van der Waals surface area contributed by atoms with Crippen LogP contribution in [0.5, 0.6) is 5.75 Å². The average molecular weight is 259 g/mol. The van der Waals surface area contributed by atoms with Gasteiger partial charge in [-0.25, -0.2) is 4.79 Å². The lowest BCUT2D eigenvalue weighted by Gasteiger charge is -2.12. The molecule has 0 fully saturated rings. The van der Waals surface area contributed by atoms with Gasteiger partial charge in [0.15, 0.2) is 13.1 Å². The van der Waals surface area contributed by atoms with E-state index in [-0.39, 0.29) is 28.7 Å².